The van der Waals surface area contributed by atoms with E-state index in [9.17, 15) is 12.8 Å². The number of aliphatic imine (C=N–C) groups is 1. The maximum atomic E-state index is 14.2. The van der Waals surface area contributed by atoms with E-state index in [-0.39, 0.29) is 17.0 Å². The molecule has 7 heteroatoms. The van der Waals surface area contributed by atoms with Crippen molar-refractivity contribution in [3.8, 4) is 0 Å². The number of rotatable bonds is 9. The van der Waals surface area contributed by atoms with Crippen molar-refractivity contribution in [2.24, 2.45) is 4.99 Å². The van der Waals surface area contributed by atoms with Crippen molar-refractivity contribution in [1.82, 2.24) is 10.6 Å². The lowest BCUT2D eigenvalue weighted by Crippen LogP contribution is -2.38. The van der Waals surface area contributed by atoms with Gasteiger partial charge in [-0.25, -0.2) is 12.8 Å². The van der Waals surface area contributed by atoms with E-state index in [0.29, 0.717) is 36.9 Å². The van der Waals surface area contributed by atoms with Gasteiger partial charge in [-0.15, -0.1) is 0 Å². The molecule has 1 aliphatic carbocycles. The number of guanidine groups is 1. The van der Waals surface area contributed by atoms with Gasteiger partial charge in [-0.3, -0.25) is 4.99 Å². The molecule has 0 amide bonds. The predicted molar refractivity (Wildman–Crippen MR) is 114 cm³/mol. The average Bonchev–Trinajstić information content (AvgIpc) is 3.51. The summed E-state index contributed by atoms with van der Waals surface area (Å²) >= 11 is 0. The second-order valence-electron chi connectivity index (χ2n) is 7.37. The molecule has 0 heterocycles. The summed E-state index contributed by atoms with van der Waals surface area (Å²) in [5.41, 5.74) is 0.512. The van der Waals surface area contributed by atoms with E-state index in [1.165, 1.54) is 6.07 Å². The second-order valence-corrected chi connectivity index (χ2v) is 9.48. The molecule has 0 aromatic heterocycles. The van der Waals surface area contributed by atoms with Crippen molar-refractivity contribution in [1.29, 1.82) is 0 Å². The monoisotopic (exact) mass is 417 g/mol. The molecule has 0 radical (unpaired) electrons. The summed E-state index contributed by atoms with van der Waals surface area (Å²) in [5, 5.41) is 6.37. The Bertz CT molecular complexity index is 942. The largest absolute Gasteiger partial charge is 0.357 e. The summed E-state index contributed by atoms with van der Waals surface area (Å²) in [5.74, 6) is 0.527. The van der Waals surface area contributed by atoms with Crippen LogP contribution in [0.2, 0.25) is 0 Å². The Morgan fingerprint density at radius 3 is 2.41 bits per heavy atom. The Morgan fingerprint density at radius 1 is 1.07 bits per heavy atom. The summed E-state index contributed by atoms with van der Waals surface area (Å²) < 4.78 is 38.9. The predicted octanol–water partition coefficient (Wildman–Crippen LogP) is 3.28. The maximum Gasteiger partial charge on any atom is 0.191 e. The van der Waals surface area contributed by atoms with Crippen molar-refractivity contribution in [3.05, 3.63) is 66.0 Å². The molecule has 3 rings (SSSR count). The molecule has 156 valence electrons. The fraction of sp³-hybridized carbons (Fsp3) is 0.409. The highest BCUT2D eigenvalue weighted by Gasteiger charge is 2.45. The van der Waals surface area contributed by atoms with Crippen molar-refractivity contribution in [3.63, 3.8) is 0 Å². The molecule has 2 aromatic carbocycles. The van der Waals surface area contributed by atoms with Crippen molar-refractivity contribution >= 4 is 15.8 Å². The number of sulfone groups is 1. The lowest BCUT2D eigenvalue weighted by Gasteiger charge is -2.16. The van der Waals surface area contributed by atoms with E-state index in [0.717, 1.165) is 18.4 Å². The van der Waals surface area contributed by atoms with Gasteiger partial charge in [-0.05, 0) is 49.9 Å². The summed E-state index contributed by atoms with van der Waals surface area (Å²) in [6, 6.07) is 15.4. The molecule has 0 spiro atoms. The second kappa shape index (κ2) is 9.39. The quantitative estimate of drug-likeness (QED) is 0.373. The van der Waals surface area contributed by atoms with Gasteiger partial charge in [0.1, 0.15) is 5.82 Å². The van der Waals surface area contributed by atoms with Crippen LogP contribution in [0.5, 0.6) is 0 Å². The summed E-state index contributed by atoms with van der Waals surface area (Å²) in [4.78, 5) is 4.98. The highest BCUT2D eigenvalue weighted by molar-refractivity contribution is 7.91. The lowest BCUT2D eigenvalue weighted by molar-refractivity contribution is 0.572. The zero-order valence-corrected chi connectivity index (χ0v) is 17.5. The molecule has 29 heavy (non-hydrogen) atoms. The number of benzene rings is 2. The lowest BCUT2D eigenvalue weighted by atomic mass is 9.95. The van der Waals surface area contributed by atoms with Gasteiger partial charge < -0.3 is 10.6 Å². The molecule has 1 saturated carbocycles. The van der Waals surface area contributed by atoms with Crippen LogP contribution < -0.4 is 10.6 Å². The van der Waals surface area contributed by atoms with Gasteiger partial charge in [0.2, 0.25) is 0 Å². The van der Waals surface area contributed by atoms with Crippen LogP contribution in [-0.2, 0) is 15.3 Å². The van der Waals surface area contributed by atoms with Crippen LogP contribution in [-0.4, -0.2) is 39.8 Å². The molecule has 0 unspecified atom stereocenters. The smallest absolute Gasteiger partial charge is 0.191 e. The topological polar surface area (TPSA) is 70.6 Å². The van der Waals surface area contributed by atoms with Gasteiger partial charge in [-0.1, -0.05) is 36.4 Å². The molecule has 2 N–H and O–H groups in total. The van der Waals surface area contributed by atoms with Crippen LogP contribution in [0, 0.1) is 5.82 Å². The van der Waals surface area contributed by atoms with Crippen molar-refractivity contribution in [2.45, 2.75) is 36.5 Å². The van der Waals surface area contributed by atoms with Gasteiger partial charge >= 0.3 is 0 Å². The first kappa shape index (κ1) is 21.3. The van der Waals surface area contributed by atoms with Crippen molar-refractivity contribution in [2.75, 3.05) is 25.4 Å². The molecule has 2 aromatic rings. The summed E-state index contributed by atoms with van der Waals surface area (Å²) in [6.45, 7) is 3.66. The molecular formula is C22H28FN3O2S. The number of halogens is 1. The molecule has 0 aliphatic heterocycles. The minimum Gasteiger partial charge on any atom is -0.357 e. The van der Waals surface area contributed by atoms with Crippen LogP contribution >= 0.6 is 0 Å². The van der Waals surface area contributed by atoms with Gasteiger partial charge in [0, 0.05) is 18.5 Å². The minimum absolute atomic E-state index is 0.0720. The highest BCUT2D eigenvalue weighted by Crippen LogP contribution is 2.49. The molecule has 0 saturated heterocycles. The summed E-state index contributed by atoms with van der Waals surface area (Å²) in [7, 11) is -3.28. The first-order valence-electron chi connectivity index (χ1n) is 10.0. The Morgan fingerprint density at radius 2 is 1.76 bits per heavy atom. The van der Waals surface area contributed by atoms with E-state index < -0.39 is 9.84 Å². The van der Waals surface area contributed by atoms with E-state index in [1.807, 2.05) is 19.1 Å². The van der Waals surface area contributed by atoms with Gasteiger partial charge in [0.05, 0.1) is 17.2 Å². The fourth-order valence-corrected chi connectivity index (χ4v) is 4.67. The molecule has 1 fully saturated rings. The Hall–Kier alpha value is -2.41. The van der Waals surface area contributed by atoms with E-state index >= 15 is 0 Å². The summed E-state index contributed by atoms with van der Waals surface area (Å²) in [6.07, 6.45) is 2.32. The number of nitrogens with one attached hydrogen (secondary N) is 2. The Kier molecular flexibility index (Phi) is 6.90. The van der Waals surface area contributed by atoms with Crippen LogP contribution in [0.25, 0.3) is 0 Å². The third kappa shape index (κ3) is 5.56. The average molecular weight is 418 g/mol. The number of hydrogen-bond acceptors (Lipinski definition) is 3. The molecule has 0 bridgehead atoms. The zero-order chi connectivity index (χ0) is 20.7. The zero-order valence-electron chi connectivity index (χ0n) is 16.7. The van der Waals surface area contributed by atoms with Crippen LogP contribution in [0.4, 0.5) is 4.39 Å². The molecule has 5 nitrogen and oxygen atoms in total. The van der Waals surface area contributed by atoms with Crippen LogP contribution in [0.15, 0.2) is 64.5 Å². The molecule has 1 aliphatic rings. The van der Waals surface area contributed by atoms with Gasteiger partial charge in [0.25, 0.3) is 0 Å². The molecule has 0 atom stereocenters. The first-order valence-corrected chi connectivity index (χ1v) is 11.7. The van der Waals surface area contributed by atoms with E-state index in [2.05, 4.69) is 15.6 Å². The Labute approximate surface area is 172 Å². The number of hydrogen-bond donors (Lipinski definition) is 2. The number of nitrogens with zero attached hydrogens (tertiary/aromatic N) is 1. The van der Waals surface area contributed by atoms with Crippen LogP contribution in [0.1, 0.15) is 31.7 Å². The fourth-order valence-electron chi connectivity index (χ4n) is 3.34. The van der Waals surface area contributed by atoms with E-state index in [1.54, 1.807) is 36.4 Å². The highest BCUT2D eigenvalue weighted by atomic mass is 32.2. The third-order valence-corrected chi connectivity index (χ3v) is 6.98. The third-order valence-electron chi connectivity index (χ3n) is 5.17. The normalized spacial score (nSPS) is 15.7. The minimum atomic E-state index is -3.28. The first-order chi connectivity index (χ1) is 14.0. The van der Waals surface area contributed by atoms with Gasteiger partial charge in [0.15, 0.2) is 15.8 Å². The van der Waals surface area contributed by atoms with Crippen molar-refractivity contribution < 1.29 is 12.8 Å². The SMILES string of the molecule is CCNC(=NCC1(c2ccccc2F)CC1)NCCCS(=O)(=O)c1ccccc1. The maximum absolute atomic E-state index is 14.2. The molecular weight excluding hydrogens is 389 g/mol. The standard InChI is InChI=1S/C22H28FN3O2S/c1-2-24-21(25-15-8-16-29(27,28)18-9-4-3-5-10-18)26-17-22(13-14-22)19-11-6-7-12-20(19)23/h3-7,9-12H,2,8,13-17H2,1H3,(H2,24,25,26). The van der Waals surface area contributed by atoms with Gasteiger partial charge in [-0.2, -0.15) is 0 Å². The Balaban J connectivity index is 1.55. The van der Waals surface area contributed by atoms with E-state index in [4.69, 9.17) is 0 Å². The van der Waals surface area contributed by atoms with Crippen LogP contribution in [0.3, 0.4) is 0 Å².